The smallest absolute Gasteiger partial charge is 0.0453 e. The van der Waals surface area contributed by atoms with Crippen LogP contribution in [-0.2, 0) is 6.42 Å². The van der Waals surface area contributed by atoms with Crippen molar-refractivity contribution >= 4 is 55.1 Å². The molecule has 5 heteroatoms. The Morgan fingerprint density at radius 1 is 1.05 bits per heavy atom. The first kappa shape index (κ1) is 15.3. The maximum atomic E-state index is 6.25. The summed E-state index contributed by atoms with van der Waals surface area (Å²) in [5.41, 5.74) is 8.29. The van der Waals surface area contributed by atoms with E-state index in [1.807, 2.05) is 30.3 Å². The van der Waals surface area contributed by atoms with Gasteiger partial charge in [-0.1, -0.05) is 67.2 Å². The van der Waals surface area contributed by atoms with Gasteiger partial charge < -0.3 is 5.73 Å². The first-order chi connectivity index (χ1) is 8.97. The molecule has 0 radical (unpaired) electrons. The van der Waals surface area contributed by atoms with Crippen LogP contribution in [0.4, 0.5) is 0 Å². The zero-order valence-electron chi connectivity index (χ0n) is 9.84. The molecule has 19 heavy (non-hydrogen) atoms. The van der Waals surface area contributed by atoms with Gasteiger partial charge in [-0.3, -0.25) is 0 Å². The van der Waals surface area contributed by atoms with Gasteiger partial charge in [0.1, 0.15) is 0 Å². The van der Waals surface area contributed by atoms with Gasteiger partial charge in [0.05, 0.1) is 0 Å². The van der Waals surface area contributed by atoms with Gasteiger partial charge in [-0.2, -0.15) is 0 Å². The van der Waals surface area contributed by atoms with Gasteiger partial charge in [0.25, 0.3) is 0 Å². The van der Waals surface area contributed by atoms with E-state index in [-0.39, 0.29) is 6.04 Å². The summed E-state index contributed by atoms with van der Waals surface area (Å²) >= 11 is 19.0. The Bertz CT molecular complexity index is 602. The molecule has 0 fully saturated rings. The molecule has 0 saturated heterocycles. The van der Waals surface area contributed by atoms with E-state index < -0.39 is 0 Å². The van der Waals surface area contributed by atoms with Crippen molar-refractivity contribution in [2.24, 2.45) is 5.73 Å². The van der Waals surface area contributed by atoms with Crippen LogP contribution < -0.4 is 5.73 Å². The molecule has 0 aromatic heterocycles. The molecule has 100 valence electrons. The predicted octanol–water partition coefficient (Wildman–Crippen LogP) is 5.76. The van der Waals surface area contributed by atoms with Gasteiger partial charge in [-0.05, 0) is 41.8 Å². The van der Waals surface area contributed by atoms with Gasteiger partial charge in [0, 0.05) is 25.0 Å². The van der Waals surface area contributed by atoms with Crippen LogP contribution in [0.2, 0.25) is 10.0 Å². The van der Waals surface area contributed by atoms with E-state index in [0.717, 1.165) is 20.1 Å². The minimum atomic E-state index is -0.124. The first-order valence-corrected chi connectivity index (χ1v) is 7.96. The lowest BCUT2D eigenvalue weighted by molar-refractivity contribution is 0.718. The number of halogens is 4. The van der Waals surface area contributed by atoms with Crippen molar-refractivity contribution in [3.63, 3.8) is 0 Å². The van der Waals surface area contributed by atoms with Crippen LogP contribution in [0.5, 0.6) is 0 Å². The summed E-state index contributed by atoms with van der Waals surface area (Å²) in [7, 11) is 0. The summed E-state index contributed by atoms with van der Waals surface area (Å²) in [4.78, 5) is 0. The lowest BCUT2D eigenvalue weighted by Gasteiger charge is -2.15. The molecule has 0 aliphatic carbocycles. The highest BCUT2D eigenvalue weighted by Gasteiger charge is 2.13. The van der Waals surface area contributed by atoms with Crippen molar-refractivity contribution in [3.8, 4) is 0 Å². The Hall–Kier alpha value is -0.0600. The van der Waals surface area contributed by atoms with Gasteiger partial charge in [-0.25, -0.2) is 0 Å². The van der Waals surface area contributed by atoms with E-state index in [2.05, 4.69) is 31.9 Å². The van der Waals surface area contributed by atoms with Crippen molar-refractivity contribution < 1.29 is 0 Å². The fraction of sp³-hybridized carbons (Fsp3) is 0.143. The fourth-order valence-electron chi connectivity index (χ4n) is 1.84. The second kappa shape index (κ2) is 6.59. The maximum Gasteiger partial charge on any atom is 0.0453 e. The van der Waals surface area contributed by atoms with Crippen LogP contribution in [-0.4, -0.2) is 0 Å². The van der Waals surface area contributed by atoms with Crippen molar-refractivity contribution in [3.05, 3.63) is 66.5 Å². The normalized spacial score (nSPS) is 12.5. The Morgan fingerprint density at radius 3 is 2.42 bits per heavy atom. The van der Waals surface area contributed by atoms with E-state index in [4.69, 9.17) is 28.9 Å². The Labute approximate surface area is 139 Å². The third-order valence-corrected chi connectivity index (χ3v) is 4.58. The van der Waals surface area contributed by atoms with Crippen LogP contribution in [0.3, 0.4) is 0 Å². The van der Waals surface area contributed by atoms with E-state index in [1.165, 1.54) is 0 Å². The van der Waals surface area contributed by atoms with Crippen LogP contribution in [0.1, 0.15) is 17.2 Å². The molecule has 2 N–H and O–H groups in total. The molecule has 0 spiro atoms. The molecular formula is C14H11Br2Cl2N. The average molecular weight is 424 g/mol. The number of hydrogen-bond donors (Lipinski definition) is 1. The van der Waals surface area contributed by atoms with Gasteiger partial charge in [0.2, 0.25) is 0 Å². The molecule has 2 aromatic rings. The first-order valence-electron chi connectivity index (χ1n) is 5.62. The average Bonchev–Trinajstić information content (AvgIpc) is 2.32. The minimum Gasteiger partial charge on any atom is -0.324 e. The molecule has 2 rings (SSSR count). The third-order valence-electron chi connectivity index (χ3n) is 2.82. The Balaban J connectivity index is 2.23. The highest BCUT2D eigenvalue weighted by molar-refractivity contribution is 9.11. The standard InChI is InChI=1S/C14H11Br2Cl2N/c15-9-2-4-11(12(16)6-9)14(19)5-8-1-3-10(17)7-13(8)18/h1-4,6-7,14H,5,19H2. The molecule has 2 aromatic carbocycles. The number of hydrogen-bond acceptors (Lipinski definition) is 1. The molecular weight excluding hydrogens is 413 g/mol. The topological polar surface area (TPSA) is 26.0 Å². The molecule has 0 aliphatic rings. The van der Waals surface area contributed by atoms with Crippen LogP contribution in [0.15, 0.2) is 45.3 Å². The molecule has 1 atom stereocenters. The van der Waals surface area contributed by atoms with Gasteiger partial charge >= 0.3 is 0 Å². The van der Waals surface area contributed by atoms with E-state index in [9.17, 15) is 0 Å². The maximum absolute atomic E-state index is 6.25. The Morgan fingerprint density at radius 2 is 1.79 bits per heavy atom. The van der Waals surface area contributed by atoms with Gasteiger partial charge in [-0.15, -0.1) is 0 Å². The van der Waals surface area contributed by atoms with E-state index >= 15 is 0 Å². The fourth-order valence-corrected chi connectivity index (χ4v) is 3.66. The quantitative estimate of drug-likeness (QED) is 0.667. The monoisotopic (exact) mass is 421 g/mol. The number of nitrogens with two attached hydrogens (primary N) is 1. The molecule has 0 saturated carbocycles. The van der Waals surface area contributed by atoms with Crippen LogP contribution >= 0.6 is 55.1 Å². The molecule has 1 unspecified atom stereocenters. The third kappa shape index (κ3) is 3.96. The summed E-state index contributed by atoms with van der Waals surface area (Å²) in [6.45, 7) is 0. The van der Waals surface area contributed by atoms with Gasteiger partial charge in [0.15, 0.2) is 0 Å². The zero-order valence-corrected chi connectivity index (χ0v) is 14.5. The SMILES string of the molecule is NC(Cc1ccc(Cl)cc1Cl)c1ccc(Br)cc1Br. The predicted molar refractivity (Wildman–Crippen MR) is 88.9 cm³/mol. The van der Waals surface area contributed by atoms with E-state index in [1.54, 1.807) is 6.07 Å². The summed E-state index contributed by atoms with van der Waals surface area (Å²) in [6, 6.07) is 11.3. The Kier molecular flexibility index (Phi) is 5.32. The van der Waals surface area contributed by atoms with Crippen LogP contribution in [0.25, 0.3) is 0 Å². The highest BCUT2D eigenvalue weighted by atomic mass is 79.9. The lowest BCUT2D eigenvalue weighted by Crippen LogP contribution is -2.14. The zero-order chi connectivity index (χ0) is 14.0. The largest absolute Gasteiger partial charge is 0.324 e. The van der Waals surface area contributed by atoms with Crippen molar-refractivity contribution in [1.82, 2.24) is 0 Å². The van der Waals surface area contributed by atoms with Crippen molar-refractivity contribution in [2.75, 3.05) is 0 Å². The lowest BCUT2D eigenvalue weighted by atomic mass is 10.00. The summed E-state index contributed by atoms with van der Waals surface area (Å²) < 4.78 is 2.00. The van der Waals surface area contributed by atoms with Crippen molar-refractivity contribution in [2.45, 2.75) is 12.5 Å². The second-order valence-corrected chi connectivity index (χ2v) is 6.83. The summed E-state index contributed by atoms with van der Waals surface area (Å²) in [6.07, 6.45) is 0.663. The summed E-state index contributed by atoms with van der Waals surface area (Å²) in [5, 5.41) is 1.28. The van der Waals surface area contributed by atoms with Crippen molar-refractivity contribution in [1.29, 1.82) is 0 Å². The highest BCUT2D eigenvalue weighted by Crippen LogP contribution is 2.30. The molecule has 0 heterocycles. The molecule has 0 aliphatic heterocycles. The van der Waals surface area contributed by atoms with E-state index in [0.29, 0.717) is 16.5 Å². The second-order valence-electron chi connectivity index (χ2n) is 4.21. The molecule has 0 amide bonds. The minimum absolute atomic E-state index is 0.124. The van der Waals surface area contributed by atoms with Crippen LogP contribution in [0, 0.1) is 0 Å². The number of rotatable bonds is 3. The summed E-state index contributed by atoms with van der Waals surface area (Å²) in [5.74, 6) is 0. The molecule has 0 bridgehead atoms. The molecule has 1 nitrogen and oxygen atoms in total. The number of benzene rings is 2.